The van der Waals surface area contributed by atoms with Crippen LogP contribution in [0, 0.1) is 11.3 Å². The Labute approximate surface area is 119 Å². The molecule has 3 fully saturated rings. The molecule has 1 aliphatic heterocycles. The van der Waals surface area contributed by atoms with Crippen molar-refractivity contribution in [1.82, 2.24) is 10.2 Å². The first-order chi connectivity index (χ1) is 9.62. The Morgan fingerprint density at radius 1 is 1.10 bits per heavy atom. The Balaban J connectivity index is 1.61. The summed E-state index contributed by atoms with van der Waals surface area (Å²) in [4.78, 5) is 25.7. The number of carboxylic acid groups (broad SMARTS) is 1. The summed E-state index contributed by atoms with van der Waals surface area (Å²) in [6, 6.07) is 0.240. The van der Waals surface area contributed by atoms with Crippen LogP contribution in [0.25, 0.3) is 0 Å². The molecule has 0 aromatic rings. The van der Waals surface area contributed by atoms with Crippen LogP contribution in [-0.2, 0) is 4.79 Å². The Hall–Kier alpha value is -1.26. The summed E-state index contributed by atoms with van der Waals surface area (Å²) in [7, 11) is 0. The van der Waals surface area contributed by atoms with E-state index in [1.54, 1.807) is 4.90 Å². The molecule has 0 radical (unpaired) electrons. The first-order valence-corrected chi connectivity index (χ1v) is 7.91. The minimum Gasteiger partial charge on any atom is -0.481 e. The molecule has 1 heterocycles. The van der Waals surface area contributed by atoms with Crippen molar-refractivity contribution in [3.63, 3.8) is 0 Å². The highest BCUT2D eigenvalue weighted by atomic mass is 16.4. The standard InChI is InChI=1S/C15H24N2O3/c18-13(19)15-8-4-5-11(15)9-17(10-15)14(20)16-12-6-2-1-3-7-12/h11-12H,1-10H2,(H,16,20)(H,18,19)/t11-,15+/m0/s1. The van der Waals surface area contributed by atoms with E-state index < -0.39 is 11.4 Å². The number of urea groups is 1. The summed E-state index contributed by atoms with van der Waals surface area (Å²) < 4.78 is 0. The van der Waals surface area contributed by atoms with Gasteiger partial charge in [-0.05, 0) is 31.6 Å². The lowest BCUT2D eigenvalue weighted by Gasteiger charge is -2.27. The Morgan fingerprint density at radius 3 is 2.50 bits per heavy atom. The maximum atomic E-state index is 12.3. The third-order valence-corrected chi connectivity index (χ3v) is 5.52. The van der Waals surface area contributed by atoms with Crippen LogP contribution in [0.1, 0.15) is 51.4 Å². The van der Waals surface area contributed by atoms with Gasteiger partial charge in [0.2, 0.25) is 0 Å². The number of aliphatic carboxylic acids is 1. The number of rotatable bonds is 2. The molecule has 20 heavy (non-hydrogen) atoms. The summed E-state index contributed by atoms with van der Waals surface area (Å²) in [6.45, 7) is 1.01. The maximum absolute atomic E-state index is 12.3. The number of fused-ring (bicyclic) bond motifs is 1. The van der Waals surface area contributed by atoms with Crippen LogP contribution in [0.4, 0.5) is 4.79 Å². The van der Waals surface area contributed by atoms with Crippen LogP contribution in [-0.4, -0.2) is 41.1 Å². The first kappa shape index (κ1) is 13.7. The van der Waals surface area contributed by atoms with Gasteiger partial charge in [-0.2, -0.15) is 0 Å². The van der Waals surface area contributed by atoms with Gasteiger partial charge in [0.25, 0.3) is 0 Å². The van der Waals surface area contributed by atoms with Crippen LogP contribution in [0.15, 0.2) is 0 Å². The van der Waals surface area contributed by atoms with Gasteiger partial charge in [-0.25, -0.2) is 4.79 Å². The zero-order chi connectivity index (χ0) is 14.2. The lowest BCUT2D eigenvalue weighted by molar-refractivity contribution is -0.149. The summed E-state index contributed by atoms with van der Waals surface area (Å²) in [5.74, 6) is -0.565. The molecule has 0 unspecified atom stereocenters. The summed E-state index contributed by atoms with van der Waals surface area (Å²) >= 11 is 0. The van der Waals surface area contributed by atoms with Crippen LogP contribution in [0.3, 0.4) is 0 Å². The molecule has 0 bridgehead atoms. The number of carbonyl (C=O) groups excluding carboxylic acids is 1. The van der Waals surface area contributed by atoms with Gasteiger partial charge in [-0.3, -0.25) is 4.79 Å². The second-order valence-electron chi connectivity index (χ2n) is 6.72. The van der Waals surface area contributed by atoms with E-state index in [1.165, 1.54) is 19.3 Å². The minimum absolute atomic E-state index is 0.0491. The lowest BCUT2D eigenvalue weighted by Crippen LogP contribution is -2.46. The molecule has 0 spiro atoms. The zero-order valence-electron chi connectivity index (χ0n) is 11.9. The second-order valence-corrected chi connectivity index (χ2v) is 6.72. The predicted molar refractivity (Wildman–Crippen MR) is 74.4 cm³/mol. The average Bonchev–Trinajstić information content (AvgIpc) is 2.97. The van der Waals surface area contributed by atoms with Crippen molar-refractivity contribution in [3.05, 3.63) is 0 Å². The van der Waals surface area contributed by atoms with E-state index in [1.807, 2.05) is 0 Å². The molecule has 1 saturated heterocycles. The molecule has 3 aliphatic rings. The van der Waals surface area contributed by atoms with Crippen LogP contribution in [0.2, 0.25) is 0 Å². The number of hydrogen-bond acceptors (Lipinski definition) is 2. The highest BCUT2D eigenvalue weighted by Gasteiger charge is 2.55. The fourth-order valence-electron chi connectivity index (χ4n) is 4.31. The summed E-state index contributed by atoms with van der Waals surface area (Å²) in [5.41, 5.74) is -0.663. The topological polar surface area (TPSA) is 69.6 Å². The molecule has 5 nitrogen and oxygen atoms in total. The predicted octanol–water partition coefficient (Wildman–Crippen LogP) is 2.22. The number of carboxylic acids is 1. The highest BCUT2D eigenvalue weighted by molar-refractivity contribution is 5.80. The SMILES string of the molecule is O=C(NC1CCCCC1)N1C[C@@H]2CCC[C@@]2(C(=O)O)C1. The van der Waals surface area contributed by atoms with Crippen molar-refractivity contribution >= 4 is 12.0 Å². The smallest absolute Gasteiger partial charge is 0.317 e. The van der Waals surface area contributed by atoms with Gasteiger partial charge in [-0.15, -0.1) is 0 Å². The Bertz CT molecular complexity index is 406. The van der Waals surface area contributed by atoms with Crippen molar-refractivity contribution in [3.8, 4) is 0 Å². The normalized spacial score (nSPS) is 34.0. The molecule has 0 aromatic heterocycles. The fourth-order valence-corrected chi connectivity index (χ4v) is 4.31. The van der Waals surface area contributed by atoms with Crippen molar-refractivity contribution in [2.24, 2.45) is 11.3 Å². The average molecular weight is 280 g/mol. The molecular weight excluding hydrogens is 256 g/mol. The van der Waals surface area contributed by atoms with Crippen LogP contribution < -0.4 is 5.32 Å². The van der Waals surface area contributed by atoms with Crippen molar-refractivity contribution in [1.29, 1.82) is 0 Å². The quantitative estimate of drug-likeness (QED) is 0.815. The molecule has 5 heteroatoms. The fraction of sp³-hybridized carbons (Fsp3) is 0.867. The van der Waals surface area contributed by atoms with E-state index in [-0.39, 0.29) is 18.0 Å². The number of hydrogen-bond donors (Lipinski definition) is 2. The van der Waals surface area contributed by atoms with Gasteiger partial charge >= 0.3 is 12.0 Å². The second kappa shape index (κ2) is 5.26. The molecule has 0 aromatic carbocycles. The Morgan fingerprint density at radius 2 is 1.85 bits per heavy atom. The van der Waals surface area contributed by atoms with Crippen molar-refractivity contribution in [2.75, 3.05) is 13.1 Å². The molecule has 2 amide bonds. The minimum atomic E-state index is -0.715. The molecule has 3 rings (SSSR count). The van der Waals surface area contributed by atoms with Gasteiger partial charge in [-0.1, -0.05) is 25.7 Å². The van der Waals surface area contributed by atoms with Gasteiger partial charge in [0.1, 0.15) is 0 Å². The first-order valence-electron chi connectivity index (χ1n) is 7.91. The van der Waals surface area contributed by atoms with Crippen molar-refractivity contribution < 1.29 is 14.7 Å². The van der Waals surface area contributed by atoms with Crippen LogP contribution in [0.5, 0.6) is 0 Å². The van der Waals surface area contributed by atoms with Gasteiger partial charge < -0.3 is 15.3 Å². The lowest BCUT2D eigenvalue weighted by atomic mass is 9.81. The number of nitrogens with one attached hydrogen (secondary N) is 1. The van der Waals surface area contributed by atoms with E-state index >= 15 is 0 Å². The molecule has 2 atom stereocenters. The van der Waals surface area contributed by atoms with E-state index in [4.69, 9.17) is 0 Å². The molecular formula is C15H24N2O3. The molecule has 2 saturated carbocycles. The van der Waals surface area contributed by atoms with E-state index in [2.05, 4.69) is 5.32 Å². The molecule has 2 aliphatic carbocycles. The highest BCUT2D eigenvalue weighted by Crippen LogP contribution is 2.48. The van der Waals surface area contributed by atoms with Gasteiger partial charge in [0.05, 0.1) is 5.41 Å². The number of amides is 2. The van der Waals surface area contributed by atoms with E-state index in [9.17, 15) is 14.7 Å². The molecule has 112 valence electrons. The van der Waals surface area contributed by atoms with Gasteiger partial charge in [0.15, 0.2) is 0 Å². The third-order valence-electron chi connectivity index (χ3n) is 5.52. The Kier molecular flexibility index (Phi) is 3.61. The number of carbonyl (C=O) groups is 2. The number of likely N-dealkylation sites (tertiary alicyclic amines) is 1. The zero-order valence-corrected chi connectivity index (χ0v) is 11.9. The molecule has 2 N–H and O–H groups in total. The summed E-state index contributed by atoms with van der Waals surface area (Å²) in [6.07, 6.45) is 8.41. The van der Waals surface area contributed by atoms with Crippen molar-refractivity contribution in [2.45, 2.75) is 57.4 Å². The number of nitrogens with zero attached hydrogens (tertiary/aromatic N) is 1. The van der Waals surface area contributed by atoms with E-state index in [0.29, 0.717) is 13.1 Å². The monoisotopic (exact) mass is 280 g/mol. The van der Waals surface area contributed by atoms with Gasteiger partial charge in [0, 0.05) is 19.1 Å². The largest absolute Gasteiger partial charge is 0.481 e. The van der Waals surface area contributed by atoms with E-state index in [0.717, 1.165) is 32.1 Å². The maximum Gasteiger partial charge on any atom is 0.317 e. The summed E-state index contributed by atoms with van der Waals surface area (Å²) in [5, 5.41) is 12.6. The van der Waals surface area contributed by atoms with Crippen LogP contribution >= 0.6 is 0 Å². The third kappa shape index (κ3) is 2.27.